The van der Waals surface area contributed by atoms with E-state index in [4.69, 9.17) is 9.47 Å². The van der Waals surface area contributed by atoms with Crippen LogP contribution in [0, 0.1) is 5.92 Å². The van der Waals surface area contributed by atoms with E-state index in [-0.39, 0.29) is 18.4 Å². The first kappa shape index (κ1) is 19.1. The lowest BCUT2D eigenvalue weighted by molar-refractivity contribution is -0.146. The minimum atomic E-state index is -0.608. The molecular formula is C22H30N2O4. The van der Waals surface area contributed by atoms with E-state index in [0.29, 0.717) is 44.1 Å². The van der Waals surface area contributed by atoms with Crippen LogP contribution in [0.5, 0.6) is 11.5 Å². The van der Waals surface area contributed by atoms with Gasteiger partial charge in [-0.15, -0.1) is 0 Å². The molecule has 0 radical (unpaired) electrons. The Morgan fingerprint density at radius 3 is 2.36 bits per heavy atom. The molecule has 6 nitrogen and oxygen atoms in total. The van der Waals surface area contributed by atoms with Gasteiger partial charge in [-0.3, -0.25) is 9.59 Å². The molecule has 1 aromatic rings. The Labute approximate surface area is 166 Å². The molecule has 1 aromatic carbocycles. The van der Waals surface area contributed by atoms with Gasteiger partial charge in [-0.1, -0.05) is 44.2 Å². The van der Waals surface area contributed by atoms with Gasteiger partial charge in [0, 0.05) is 32.6 Å². The van der Waals surface area contributed by atoms with Gasteiger partial charge >= 0.3 is 0 Å². The minimum Gasteiger partial charge on any atom is -0.485 e. The number of carbonyl (C=O) groups excluding carboxylic acids is 2. The zero-order chi connectivity index (χ0) is 19.3. The van der Waals surface area contributed by atoms with Crippen LogP contribution in [0.1, 0.15) is 44.9 Å². The molecule has 4 rings (SSSR count). The molecule has 0 aromatic heterocycles. The highest BCUT2D eigenvalue weighted by atomic mass is 16.6. The number of rotatable bonds is 4. The predicted molar refractivity (Wildman–Crippen MR) is 105 cm³/mol. The number of para-hydroxylation sites is 2. The molecule has 0 N–H and O–H groups in total. The van der Waals surface area contributed by atoms with Gasteiger partial charge in [-0.25, -0.2) is 0 Å². The fourth-order valence-corrected chi connectivity index (χ4v) is 4.48. The number of piperazine rings is 1. The average molecular weight is 386 g/mol. The van der Waals surface area contributed by atoms with Gasteiger partial charge in [-0.2, -0.15) is 0 Å². The Morgan fingerprint density at radius 1 is 0.929 bits per heavy atom. The third-order valence-electron chi connectivity index (χ3n) is 6.22. The van der Waals surface area contributed by atoms with Gasteiger partial charge in [0.1, 0.15) is 6.61 Å². The second-order valence-corrected chi connectivity index (χ2v) is 8.11. The molecule has 2 fully saturated rings. The first-order valence-electron chi connectivity index (χ1n) is 10.7. The monoisotopic (exact) mass is 386 g/mol. The summed E-state index contributed by atoms with van der Waals surface area (Å²) < 4.78 is 11.5. The molecular weight excluding hydrogens is 356 g/mol. The van der Waals surface area contributed by atoms with E-state index in [2.05, 4.69) is 0 Å². The predicted octanol–water partition coefficient (Wildman–Crippen LogP) is 2.86. The molecule has 3 aliphatic rings. The number of ether oxygens (including phenoxy) is 2. The molecule has 152 valence electrons. The molecule has 1 aliphatic carbocycles. The van der Waals surface area contributed by atoms with Gasteiger partial charge in [0.15, 0.2) is 11.5 Å². The van der Waals surface area contributed by atoms with Gasteiger partial charge in [0.25, 0.3) is 5.91 Å². The van der Waals surface area contributed by atoms with Crippen molar-refractivity contribution in [1.29, 1.82) is 0 Å². The van der Waals surface area contributed by atoms with Crippen LogP contribution in [-0.2, 0) is 9.59 Å². The van der Waals surface area contributed by atoms with Crippen LogP contribution in [0.2, 0.25) is 0 Å². The Balaban J connectivity index is 1.22. The summed E-state index contributed by atoms with van der Waals surface area (Å²) in [6.45, 7) is 2.58. The van der Waals surface area contributed by atoms with E-state index in [1.165, 1.54) is 32.1 Å². The second-order valence-electron chi connectivity index (χ2n) is 8.11. The van der Waals surface area contributed by atoms with Crippen molar-refractivity contribution in [3.63, 3.8) is 0 Å². The molecule has 1 saturated heterocycles. The number of benzene rings is 1. The van der Waals surface area contributed by atoms with Crippen molar-refractivity contribution in [2.45, 2.75) is 51.0 Å². The van der Waals surface area contributed by atoms with E-state index < -0.39 is 6.10 Å². The maximum atomic E-state index is 12.8. The normalized spacial score (nSPS) is 22.8. The standard InChI is InChI=1S/C22H30N2O4/c25-21(11-10-17-6-2-1-3-7-17)23-12-14-24(15-13-23)22(26)20-16-27-18-8-4-5-9-19(18)28-20/h4-5,8-9,17,20H,1-3,6-7,10-16H2. The first-order chi connectivity index (χ1) is 13.7. The molecule has 1 saturated carbocycles. The zero-order valence-electron chi connectivity index (χ0n) is 16.5. The molecule has 0 bridgehead atoms. The molecule has 2 aliphatic heterocycles. The van der Waals surface area contributed by atoms with E-state index >= 15 is 0 Å². The van der Waals surface area contributed by atoms with E-state index in [0.717, 1.165) is 12.3 Å². The summed E-state index contributed by atoms with van der Waals surface area (Å²) in [5.74, 6) is 2.21. The van der Waals surface area contributed by atoms with Crippen molar-refractivity contribution in [3.8, 4) is 11.5 Å². The lowest BCUT2D eigenvalue weighted by Gasteiger charge is -2.37. The average Bonchev–Trinajstić information content (AvgIpc) is 2.77. The van der Waals surface area contributed by atoms with Crippen LogP contribution < -0.4 is 9.47 Å². The molecule has 1 unspecified atom stereocenters. The van der Waals surface area contributed by atoms with Crippen LogP contribution in [0.25, 0.3) is 0 Å². The lowest BCUT2D eigenvalue weighted by Crippen LogP contribution is -2.55. The van der Waals surface area contributed by atoms with E-state index in [1.807, 2.05) is 29.2 Å². The van der Waals surface area contributed by atoms with Crippen LogP contribution in [0.3, 0.4) is 0 Å². The molecule has 0 spiro atoms. The highest BCUT2D eigenvalue weighted by Crippen LogP contribution is 2.31. The summed E-state index contributed by atoms with van der Waals surface area (Å²) in [7, 11) is 0. The van der Waals surface area contributed by atoms with Crippen LogP contribution >= 0.6 is 0 Å². The quantitative estimate of drug-likeness (QED) is 0.798. The third kappa shape index (κ3) is 4.42. The first-order valence-corrected chi connectivity index (χ1v) is 10.7. The van der Waals surface area contributed by atoms with Crippen molar-refractivity contribution in [2.24, 2.45) is 5.92 Å². The van der Waals surface area contributed by atoms with Crippen molar-refractivity contribution in [3.05, 3.63) is 24.3 Å². The number of carbonyl (C=O) groups is 2. The fourth-order valence-electron chi connectivity index (χ4n) is 4.48. The summed E-state index contributed by atoms with van der Waals surface area (Å²) in [5.41, 5.74) is 0. The molecule has 28 heavy (non-hydrogen) atoms. The van der Waals surface area contributed by atoms with Crippen LogP contribution in [-0.4, -0.2) is 60.5 Å². The largest absolute Gasteiger partial charge is 0.485 e. The maximum Gasteiger partial charge on any atom is 0.267 e. The third-order valence-corrected chi connectivity index (χ3v) is 6.22. The Morgan fingerprint density at radius 2 is 1.61 bits per heavy atom. The fraction of sp³-hybridized carbons (Fsp3) is 0.636. The number of amides is 2. The number of nitrogens with zero attached hydrogens (tertiary/aromatic N) is 2. The molecule has 2 heterocycles. The minimum absolute atomic E-state index is 0.0520. The van der Waals surface area contributed by atoms with Gasteiger partial charge in [0.05, 0.1) is 0 Å². The summed E-state index contributed by atoms with van der Waals surface area (Å²) in [6, 6.07) is 7.41. The van der Waals surface area contributed by atoms with Crippen molar-refractivity contribution < 1.29 is 19.1 Å². The SMILES string of the molecule is O=C(CCC1CCCCC1)N1CCN(C(=O)C2COc3ccccc3O2)CC1. The van der Waals surface area contributed by atoms with Gasteiger partial charge < -0.3 is 19.3 Å². The van der Waals surface area contributed by atoms with Gasteiger partial charge in [-0.05, 0) is 24.5 Å². The molecule has 1 atom stereocenters. The van der Waals surface area contributed by atoms with Crippen LogP contribution in [0.15, 0.2) is 24.3 Å². The van der Waals surface area contributed by atoms with E-state index in [1.54, 1.807) is 4.90 Å². The molecule has 2 amide bonds. The number of hydrogen-bond acceptors (Lipinski definition) is 4. The van der Waals surface area contributed by atoms with Crippen molar-refractivity contribution >= 4 is 11.8 Å². The lowest BCUT2D eigenvalue weighted by atomic mass is 9.86. The molecule has 6 heteroatoms. The van der Waals surface area contributed by atoms with Crippen LogP contribution in [0.4, 0.5) is 0 Å². The highest BCUT2D eigenvalue weighted by Gasteiger charge is 2.33. The number of fused-ring (bicyclic) bond motifs is 1. The smallest absolute Gasteiger partial charge is 0.267 e. The highest BCUT2D eigenvalue weighted by molar-refractivity contribution is 5.82. The summed E-state index contributed by atoms with van der Waals surface area (Å²) in [5, 5.41) is 0. The van der Waals surface area contributed by atoms with E-state index in [9.17, 15) is 9.59 Å². The summed E-state index contributed by atoms with van der Waals surface area (Å²) in [6.07, 6.45) is 7.60. The van der Waals surface area contributed by atoms with Crippen molar-refractivity contribution in [2.75, 3.05) is 32.8 Å². The topological polar surface area (TPSA) is 59.1 Å². The second kappa shape index (κ2) is 8.84. The van der Waals surface area contributed by atoms with Gasteiger partial charge in [0.2, 0.25) is 12.0 Å². The van der Waals surface area contributed by atoms with Crippen molar-refractivity contribution in [1.82, 2.24) is 9.80 Å². The Kier molecular flexibility index (Phi) is 6.03. The maximum absolute atomic E-state index is 12.8. The number of hydrogen-bond donors (Lipinski definition) is 0. The summed E-state index contributed by atoms with van der Waals surface area (Å²) >= 11 is 0. The zero-order valence-corrected chi connectivity index (χ0v) is 16.5. The Bertz CT molecular complexity index is 694. The Hall–Kier alpha value is -2.24. The summed E-state index contributed by atoms with van der Waals surface area (Å²) in [4.78, 5) is 29.0.